The molecular weight excluding hydrogens is 418 g/mol. The van der Waals surface area contributed by atoms with Crippen LogP contribution in [0.4, 0.5) is 13.2 Å². The monoisotopic (exact) mass is 441 g/mol. The summed E-state index contributed by atoms with van der Waals surface area (Å²) in [4.78, 5) is 4.52. The minimum atomic E-state index is -4.30. The molecule has 0 atom stereocenters. The zero-order chi connectivity index (χ0) is 16.2. The number of alkyl halides is 3. The van der Waals surface area contributed by atoms with Gasteiger partial charge < -0.3 is 10.6 Å². The molecule has 2 rings (SSSR count). The van der Waals surface area contributed by atoms with Gasteiger partial charge in [-0.3, -0.25) is 4.99 Å². The van der Waals surface area contributed by atoms with E-state index in [0.29, 0.717) is 12.5 Å². The molecule has 1 aromatic rings. The third kappa shape index (κ3) is 5.26. The van der Waals surface area contributed by atoms with Crippen molar-refractivity contribution in [1.82, 2.24) is 10.6 Å². The maximum atomic E-state index is 12.8. The minimum absolute atomic E-state index is 0. The van der Waals surface area contributed by atoms with Gasteiger partial charge in [0.25, 0.3) is 0 Å². The van der Waals surface area contributed by atoms with Crippen LogP contribution >= 0.6 is 24.0 Å². The standard InChI is InChI=1S/C16H22F3N3.HI/c1-3-20-14(21-4-2)22-11-15(8-9-15)12-6-5-7-13(10-12)16(17,18)19;/h5-7,10H,3-4,8-9,11H2,1-2H3,(H2,20,21,22);1H. The Labute approximate surface area is 152 Å². The molecule has 0 saturated heterocycles. The molecule has 0 radical (unpaired) electrons. The third-order valence-electron chi connectivity index (χ3n) is 3.88. The van der Waals surface area contributed by atoms with Gasteiger partial charge in [-0.05, 0) is 38.3 Å². The topological polar surface area (TPSA) is 36.4 Å². The van der Waals surface area contributed by atoms with Crippen LogP contribution in [-0.2, 0) is 11.6 Å². The van der Waals surface area contributed by atoms with Crippen LogP contribution < -0.4 is 10.6 Å². The summed E-state index contributed by atoms with van der Waals surface area (Å²) in [6.07, 6.45) is -2.54. The van der Waals surface area contributed by atoms with E-state index in [2.05, 4.69) is 15.6 Å². The Morgan fingerprint density at radius 1 is 1.17 bits per heavy atom. The van der Waals surface area contributed by atoms with Crippen molar-refractivity contribution in [2.45, 2.75) is 38.3 Å². The number of aliphatic imine (C=N–C) groups is 1. The first-order valence-corrected chi connectivity index (χ1v) is 7.61. The Bertz CT molecular complexity index is 532. The highest BCUT2D eigenvalue weighted by molar-refractivity contribution is 14.0. The zero-order valence-electron chi connectivity index (χ0n) is 13.3. The normalized spacial score (nSPS) is 15.3. The van der Waals surface area contributed by atoms with Crippen LogP contribution in [0.25, 0.3) is 0 Å². The number of hydrogen-bond acceptors (Lipinski definition) is 1. The van der Waals surface area contributed by atoms with Crippen LogP contribution in [0.1, 0.15) is 37.8 Å². The van der Waals surface area contributed by atoms with Gasteiger partial charge in [-0.1, -0.05) is 18.2 Å². The summed E-state index contributed by atoms with van der Waals surface area (Å²) in [7, 11) is 0. The van der Waals surface area contributed by atoms with Gasteiger partial charge in [0.15, 0.2) is 5.96 Å². The van der Waals surface area contributed by atoms with Gasteiger partial charge in [-0.15, -0.1) is 24.0 Å². The maximum absolute atomic E-state index is 12.8. The predicted molar refractivity (Wildman–Crippen MR) is 97.4 cm³/mol. The van der Waals surface area contributed by atoms with E-state index in [1.165, 1.54) is 12.1 Å². The molecule has 1 fully saturated rings. The molecule has 1 saturated carbocycles. The van der Waals surface area contributed by atoms with Crippen molar-refractivity contribution in [1.29, 1.82) is 0 Å². The number of rotatable bonds is 5. The Kier molecular flexibility index (Phi) is 7.16. The summed E-state index contributed by atoms with van der Waals surface area (Å²) in [5.41, 5.74) is -0.0885. The first-order chi connectivity index (χ1) is 10.4. The number of guanidine groups is 1. The Morgan fingerprint density at radius 3 is 2.26 bits per heavy atom. The van der Waals surface area contributed by atoms with Gasteiger partial charge in [-0.2, -0.15) is 13.2 Å². The van der Waals surface area contributed by atoms with Gasteiger partial charge >= 0.3 is 6.18 Å². The molecule has 0 aromatic heterocycles. The second-order valence-corrected chi connectivity index (χ2v) is 5.58. The summed E-state index contributed by atoms with van der Waals surface area (Å²) in [5.74, 6) is 0.711. The van der Waals surface area contributed by atoms with E-state index in [4.69, 9.17) is 0 Å². The van der Waals surface area contributed by atoms with Gasteiger partial charge in [0.2, 0.25) is 0 Å². The molecule has 130 valence electrons. The fraction of sp³-hybridized carbons (Fsp3) is 0.562. The second-order valence-electron chi connectivity index (χ2n) is 5.58. The average Bonchev–Trinajstić information content (AvgIpc) is 3.26. The lowest BCUT2D eigenvalue weighted by Gasteiger charge is -2.17. The lowest BCUT2D eigenvalue weighted by atomic mass is 9.94. The Hall–Kier alpha value is -0.990. The zero-order valence-corrected chi connectivity index (χ0v) is 15.7. The molecule has 0 aliphatic heterocycles. The lowest BCUT2D eigenvalue weighted by molar-refractivity contribution is -0.137. The van der Waals surface area contributed by atoms with Crippen molar-refractivity contribution in [2.24, 2.45) is 4.99 Å². The predicted octanol–water partition coefficient (Wildman–Crippen LogP) is 3.93. The number of benzene rings is 1. The number of halogens is 4. The summed E-state index contributed by atoms with van der Waals surface area (Å²) in [6, 6.07) is 5.64. The summed E-state index contributed by atoms with van der Waals surface area (Å²) < 4.78 is 38.5. The highest BCUT2D eigenvalue weighted by Gasteiger charge is 2.45. The van der Waals surface area contributed by atoms with Crippen molar-refractivity contribution < 1.29 is 13.2 Å². The fourth-order valence-electron chi connectivity index (χ4n) is 2.45. The Balaban J connectivity index is 0.00000264. The van der Waals surface area contributed by atoms with E-state index in [1.54, 1.807) is 6.07 Å². The molecule has 3 nitrogen and oxygen atoms in total. The molecule has 0 bridgehead atoms. The summed E-state index contributed by atoms with van der Waals surface area (Å²) in [5, 5.41) is 6.26. The molecule has 1 aliphatic carbocycles. The highest BCUT2D eigenvalue weighted by Crippen LogP contribution is 2.49. The van der Waals surface area contributed by atoms with Crippen LogP contribution in [0.2, 0.25) is 0 Å². The molecule has 0 heterocycles. The number of nitrogens with zero attached hydrogens (tertiary/aromatic N) is 1. The van der Waals surface area contributed by atoms with Crippen molar-refractivity contribution in [3.05, 3.63) is 35.4 Å². The largest absolute Gasteiger partial charge is 0.416 e. The van der Waals surface area contributed by atoms with E-state index in [-0.39, 0.29) is 29.4 Å². The molecule has 0 spiro atoms. The van der Waals surface area contributed by atoms with E-state index >= 15 is 0 Å². The van der Waals surface area contributed by atoms with E-state index in [0.717, 1.165) is 37.6 Å². The molecule has 0 amide bonds. The molecule has 23 heavy (non-hydrogen) atoms. The average molecular weight is 441 g/mol. The van der Waals surface area contributed by atoms with E-state index in [9.17, 15) is 13.2 Å². The molecule has 2 N–H and O–H groups in total. The fourth-order valence-corrected chi connectivity index (χ4v) is 2.45. The first kappa shape index (κ1) is 20.1. The van der Waals surface area contributed by atoms with Gasteiger partial charge in [-0.25, -0.2) is 0 Å². The molecule has 0 unspecified atom stereocenters. The molecule has 1 aliphatic rings. The molecular formula is C16H23F3IN3. The molecule has 1 aromatic carbocycles. The van der Waals surface area contributed by atoms with E-state index in [1.807, 2.05) is 13.8 Å². The van der Waals surface area contributed by atoms with Crippen molar-refractivity contribution in [2.75, 3.05) is 19.6 Å². The van der Waals surface area contributed by atoms with Crippen LogP contribution in [0.15, 0.2) is 29.3 Å². The SMILES string of the molecule is CCNC(=NCC1(c2cccc(C(F)(F)F)c2)CC1)NCC.I. The summed E-state index contributed by atoms with van der Waals surface area (Å²) in [6.45, 7) is 5.97. The second kappa shape index (κ2) is 8.21. The lowest BCUT2D eigenvalue weighted by Crippen LogP contribution is -2.37. The van der Waals surface area contributed by atoms with E-state index < -0.39 is 11.7 Å². The number of nitrogens with one attached hydrogen (secondary N) is 2. The van der Waals surface area contributed by atoms with Gasteiger partial charge in [0.05, 0.1) is 12.1 Å². The van der Waals surface area contributed by atoms with Crippen molar-refractivity contribution in [3.63, 3.8) is 0 Å². The minimum Gasteiger partial charge on any atom is -0.357 e. The quantitative estimate of drug-likeness (QED) is 0.413. The van der Waals surface area contributed by atoms with Crippen LogP contribution in [0.3, 0.4) is 0 Å². The van der Waals surface area contributed by atoms with Crippen LogP contribution in [-0.4, -0.2) is 25.6 Å². The smallest absolute Gasteiger partial charge is 0.357 e. The third-order valence-corrected chi connectivity index (χ3v) is 3.88. The summed E-state index contributed by atoms with van der Waals surface area (Å²) >= 11 is 0. The van der Waals surface area contributed by atoms with Crippen LogP contribution in [0.5, 0.6) is 0 Å². The highest BCUT2D eigenvalue weighted by atomic mass is 127. The number of hydrogen-bond donors (Lipinski definition) is 2. The first-order valence-electron chi connectivity index (χ1n) is 7.61. The van der Waals surface area contributed by atoms with Crippen molar-refractivity contribution in [3.8, 4) is 0 Å². The van der Waals surface area contributed by atoms with Crippen LogP contribution in [0, 0.1) is 0 Å². The Morgan fingerprint density at radius 2 is 1.78 bits per heavy atom. The molecule has 7 heteroatoms. The van der Waals surface area contributed by atoms with Crippen molar-refractivity contribution >= 4 is 29.9 Å². The van der Waals surface area contributed by atoms with Gasteiger partial charge in [0, 0.05) is 18.5 Å². The van der Waals surface area contributed by atoms with Gasteiger partial charge in [0.1, 0.15) is 0 Å². The maximum Gasteiger partial charge on any atom is 0.416 e.